The molecule has 1 aromatic heterocycles. The molecule has 6 heteroatoms. The molecule has 3 rings (SSSR count). The van der Waals surface area contributed by atoms with Crippen molar-refractivity contribution in [2.75, 3.05) is 25.0 Å². The highest BCUT2D eigenvalue weighted by Gasteiger charge is 2.15. The van der Waals surface area contributed by atoms with Crippen molar-refractivity contribution in [3.05, 3.63) is 52.2 Å². The van der Waals surface area contributed by atoms with E-state index in [0.29, 0.717) is 28.6 Å². The van der Waals surface area contributed by atoms with E-state index in [9.17, 15) is 9.59 Å². The SMILES string of the molecule is O=C(NCCC1CCNC1)c1cccc(NC(=O)c2cccs2)c1. The number of hydrogen-bond acceptors (Lipinski definition) is 4. The van der Waals surface area contributed by atoms with Crippen LogP contribution in [0.2, 0.25) is 0 Å². The van der Waals surface area contributed by atoms with Crippen molar-refractivity contribution in [2.24, 2.45) is 5.92 Å². The molecule has 5 nitrogen and oxygen atoms in total. The normalized spacial score (nSPS) is 16.8. The summed E-state index contributed by atoms with van der Waals surface area (Å²) >= 11 is 1.39. The van der Waals surface area contributed by atoms with Gasteiger partial charge in [0, 0.05) is 17.8 Å². The van der Waals surface area contributed by atoms with E-state index in [0.717, 1.165) is 19.5 Å². The predicted octanol–water partition coefficient (Wildman–Crippen LogP) is 2.73. The molecule has 1 saturated heterocycles. The molecular weight excluding hydrogens is 322 g/mol. The van der Waals surface area contributed by atoms with Crippen LogP contribution in [0.25, 0.3) is 0 Å². The van der Waals surface area contributed by atoms with Crippen LogP contribution in [0.15, 0.2) is 41.8 Å². The second kappa shape index (κ2) is 8.08. The maximum absolute atomic E-state index is 12.2. The molecule has 0 aliphatic carbocycles. The summed E-state index contributed by atoms with van der Waals surface area (Å²) in [5, 5.41) is 11.0. The van der Waals surface area contributed by atoms with Gasteiger partial charge in [-0.3, -0.25) is 9.59 Å². The molecule has 0 radical (unpaired) electrons. The Kier molecular flexibility index (Phi) is 5.61. The van der Waals surface area contributed by atoms with Crippen LogP contribution >= 0.6 is 11.3 Å². The molecule has 1 aliphatic rings. The lowest BCUT2D eigenvalue weighted by Crippen LogP contribution is -2.26. The lowest BCUT2D eigenvalue weighted by molar-refractivity contribution is 0.0950. The first-order valence-corrected chi connectivity index (χ1v) is 9.04. The molecule has 24 heavy (non-hydrogen) atoms. The highest BCUT2D eigenvalue weighted by molar-refractivity contribution is 7.12. The van der Waals surface area contributed by atoms with Crippen LogP contribution in [0.3, 0.4) is 0 Å². The van der Waals surface area contributed by atoms with Crippen LogP contribution in [-0.2, 0) is 0 Å². The zero-order valence-corrected chi connectivity index (χ0v) is 14.2. The van der Waals surface area contributed by atoms with Gasteiger partial charge in [0.25, 0.3) is 11.8 Å². The predicted molar refractivity (Wildman–Crippen MR) is 96.6 cm³/mol. The summed E-state index contributed by atoms with van der Waals surface area (Å²) in [6.45, 7) is 2.79. The van der Waals surface area contributed by atoms with E-state index >= 15 is 0 Å². The Hall–Kier alpha value is -2.18. The Labute approximate surface area is 145 Å². The third-order valence-corrected chi connectivity index (χ3v) is 5.00. The average Bonchev–Trinajstić information content (AvgIpc) is 3.29. The van der Waals surface area contributed by atoms with Gasteiger partial charge in [-0.2, -0.15) is 0 Å². The summed E-state index contributed by atoms with van der Waals surface area (Å²) in [6, 6.07) is 10.6. The van der Waals surface area contributed by atoms with E-state index in [4.69, 9.17) is 0 Å². The van der Waals surface area contributed by atoms with E-state index < -0.39 is 0 Å². The Morgan fingerprint density at radius 2 is 2.12 bits per heavy atom. The lowest BCUT2D eigenvalue weighted by Gasteiger charge is -2.10. The molecule has 0 saturated carbocycles. The zero-order chi connectivity index (χ0) is 16.8. The summed E-state index contributed by atoms with van der Waals surface area (Å²) in [4.78, 5) is 25.0. The van der Waals surface area contributed by atoms with Gasteiger partial charge in [0.1, 0.15) is 0 Å². The zero-order valence-electron chi connectivity index (χ0n) is 13.4. The van der Waals surface area contributed by atoms with E-state index in [2.05, 4.69) is 16.0 Å². The molecule has 3 N–H and O–H groups in total. The van der Waals surface area contributed by atoms with Gasteiger partial charge in [-0.15, -0.1) is 11.3 Å². The van der Waals surface area contributed by atoms with Crippen molar-refractivity contribution in [3.63, 3.8) is 0 Å². The summed E-state index contributed by atoms with van der Waals surface area (Å²) in [7, 11) is 0. The van der Waals surface area contributed by atoms with Crippen LogP contribution < -0.4 is 16.0 Å². The average molecular weight is 343 g/mol. The molecular formula is C18H21N3O2S. The van der Waals surface area contributed by atoms with E-state index in [1.165, 1.54) is 17.8 Å². The van der Waals surface area contributed by atoms with Gasteiger partial charge in [-0.1, -0.05) is 12.1 Å². The minimum absolute atomic E-state index is 0.104. The van der Waals surface area contributed by atoms with E-state index in [1.54, 1.807) is 30.3 Å². The van der Waals surface area contributed by atoms with E-state index in [1.807, 2.05) is 11.4 Å². The van der Waals surface area contributed by atoms with Crippen LogP contribution in [-0.4, -0.2) is 31.4 Å². The third kappa shape index (κ3) is 4.43. The number of benzene rings is 1. The highest BCUT2D eigenvalue weighted by Crippen LogP contribution is 2.15. The van der Waals surface area contributed by atoms with Crippen molar-refractivity contribution < 1.29 is 9.59 Å². The molecule has 1 aromatic carbocycles. The van der Waals surface area contributed by atoms with Crippen molar-refractivity contribution in [1.29, 1.82) is 0 Å². The van der Waals surface area contributed by atoms with Gasteiger partial charge in [0.15, 0.2) is 0 Å². The fourth-order valence-corrected chi connectivity index (χ4v) is 3.41. The summed E-state index contributed by atoms with van der Waals surface area (Å²) < 4.78 is 0. The topological polar surface area (TPSA) is 70.2 Å². The minimum Gasteiger partial charge on any atom is -0.352 e. The molecule has 1 unspecified atom stereocenters. The first-order valence-electron chi connectivity index (χ1n) is 8.16. The second-order valence-corrected chi connectivity index (χ2v) is 6.86. The number of carbonyl (C=O) groups excluding carboxylic acids is 2. The van der Waals surface area contributed by atoms with Gasteiger partial charge >= 0.3 is 0 Å². The molecule has 1 fully saturated rings. The first kappa shape index (κ1) is 16.7. The molecule has 1 atom stereocenters. The smallest absolute Gasteiger partial charge is 0.265 e. The van der Waals surface area contributed by atoms with Gasteiger partial charge in [0.05, 0.1) is 4.88 Å². The summed E-state index contributed by atoms with van der Waals surface area (Å²) in [5.74, 6) is 0.395. The number of carbonyl (C=O) groups is 2. The number of thiophene rings is 1. The van der Waals surface area contributed by atoms with Gasteiger partial charge in [-0.25, -0.2) is 0 Å². The number of anilines is 1. The van der Waals surface area contributed by atoms with Gasteiger partial charge in [0.2, 0.25) is 0 Å². The van der Waals surface area contributed by atoms with Crippen molar-refractivity contribution >= 4 is 28.8 Å². The summed E-state index contributed by atoms with van der Waals surface area (Å²) in [5.41, 5.74) is 1.18. The first-order chi connectivity index (χ1) is 11.7. The monoisotopic (exact) mass is 343 g/mol. The van der Waals surface area contributed by atoms with Crippen LogP contribution in [0.4, 0.5) is 5.69 Å². The lowest BCUT2D eigenvalue weighted by atomic mass is 10.1. The molecule has 126 valence electrons. The highest BCUT2D eigenvalue weighted by atomic mass is 32.1. The Bertz CT molecular complexity index is 694. The molecule has 1 aliphatic heterocycles. The molecule has 0 bridgehead atoms. The van der Waals surface area contributed by atoms with Crippen molar-refractivity contribution in [3.8, 4) is 0 Å². The Balaban J connectivity index is 1.53. The largest absolute Gasteiger partial charge is 0.352 e. The van der Waals surface area contributed by atoms with Crippen molar-refractivity contribution in [2.45, 2.75) is 12.8 Å². The Morgan fingerprint density at radius 3 is 2.88 bits per heavy atom. The fraction of sp³-hybridized carbons (Fsp3) is 0.333. The van der Waals surface area contributed by atoms with Gasteiger partial charge in [-0.05, 0) is 61.5 Å². The molecule has 2 aromatic rings. The third-order valence-electron chi connectivity index (χ3n) is 4.13. The number of amides is 2. The number of nitrogens with one attached hydrogen (secondary N) is 3. The quantitative estimate of drug-likeness (QED) is 0.755. The maximum Gasteiger partial charge on any atom is 0.265 e. The number of rotatable bonds is 6. The minimum atomic E-state index is -0.156. The van der Waals surface area contributed by atoms with Gasteiger partial charge < -0.3 is 16.0 Å². The Morgan fingerprint density at radius 1 is 1.21 bits per heavy atom. The maximum atomic E-state index is 12.2. The number of hydrogen-bond donors (Lipinski definition) is 3. The van der Waals surface area contributed by atoms with E-state index in [-0.39, 0.29) is 11.8 Å². The molecule has 2 heterocycles. The second-order valence-electron chi connectivity index (χ2n) is 5.92. The molecule has 0 spiro atoms. The molecule has 2 amide bonds. The summed E-state index contributed by atoms with van der Waals surface area (Å²) in [6.07, 6.45) is 2.17. The van der Waals surface area contributed by atoms with Crippen LogP contribution in [0, 0.1) is 5.92 Å². The van der Waals surface area contributed by atoms with Crippen LogP contribution in [0.5, 0.6) is 0 Å². The van der Waals surface area contributed by atoms with Crippen molar-refractivity contribution in [1.82, 2.24) is 10.6 Å². The fourth-order valence-electron chi connectivity index (χ4n) is 2.79. The van der Waals surface area contributed by atoms with Crippen LogP contribution in [0.1, 0.15) is 32.9 Å². The standard InChI is InChI=1S/C18H21N3O2S/c22-17(20-9-7-13-6-8-19-12-13)14-3-1-4-15(11-14)21-18(23)16-5-2-10-24-16/h1-5,10-11,13,19H,6-9,12H2,(H,20,22)(H,21,23).